The first-order chi connectivity index (χ1) is 10.2. The van der Waals surface area contributed by atoms with Crippen molar-refractivity contribution < 1.29 is 9.47 Å². The summed E-state index contributed by atoms with van der Waals surface area (Å²) in [6, 6.07) is 4.38. The zero-order valence-corrected chi connectivity index (χ0v) is 14.1. The Morgan fingerprint density at radius 3 is 2.33 bits per heavy atom. The third kappa shape index (κ3) is 3.77. The minimum Gasteiger partial charge on any atom is -0.490 e. The Morgan fingerprint density at radius 1 is 1.14 bits per heavy atom. The summed E-state index contributed by atoms with van der Waals surface area (Å²) in [5.41, 5.74) is 2.53. The van der Waals surface area contributed by atoms with Crippen molar-refractivity contribution in [1.82, 2.24) is 5.32 Å². The Morgan fingerprint density at radius 2 is 1.76 bits per heavy atom. The third-order valence-corrected chi connectivity index (χ3v) is 4.56. The van der Waals surface area contributed by atoms with Crippen molar-refractivity contribution in [1.29, 1.82) is 0 Å². The Hall–Kier alpha value is -0.640. The zero-order chi connectivity index (χ0) is 15.2. The van der Waals surface area contributed by atoms with Crippen LogP contribution in [0.1, 0.15) is 31.0 Å². The molecule has 1 unspecified atom stereocenters. The maximum atomic E-state index is 6.07. The average molecular weight is 332 g/mol. The Kier molecular flexibility index (Phi) is 6.46. The number of ether oxygens (including phenoxy) is 2. The van der Waals surface area contributed by atoms with Crippen molar-refractivity contribution in [3.05, 3.63) is 23.3 Å². The van der Waals surface area contributed by atoms with Crippen LogP contribution in [0.3, 0.4) is 0 Å². The van der Waals surface area contributed by atoms with Gasteiger partial charge >= 0.3 is 0 Å². The molecule has 0 radical (unpaired) electrons. The van der Waals surface area contributed by atoms with Crippen LogP contribution >= 0.6 is 23.2 Å². The standard InChI is InChI=1S/C16H23Cl2NO2/c1-3-20-14-7-11-5-6-19-16(12(9-17)10-18)13(11)8-15(14)21-4-2/h7-8,12,16,19H,3-6,9-10H2,1-2H3. The molecule has 1 atom stereocenters. The first kappa shape index (κ1) is 16.7. The molecule has 0 saturated heterocycles. The molecule has 0 spiro atoms. The molecule has 1 aliphatic heterocycles. The number of fused-ring (bicyclic) bond motifs is 1. The molecular formula is C16H23Cl2NO2. The molecule has 1 aromatic carbocycles. The summed E-state index contributed by atoms with van der Waals surface area (Å²) in [6.07, 6.45) is 0.982. The molecule has 1 heterocycles. The molecular weight excluding hydrogens is 309 g/mol. The second-order valence-electron chi connectivity index (χ2n) is 5.11. The van der Waals surface area contributed by atoms with Gasteiger partial charge < -0.3 is 14.8 Å². The SMILES string of the molecule is CCOc1cc2c(cc1OCC)C(C(CCl)CCl)NCC2. The van der Waals surface area contributed by atoms with Crippen molar-refractivity contribution in [3.8, 4) is 11.5 Å². The normalized spacial score (nSPS) is 17.7. The monoisotopic (exact) mass is 331 g/mol. The van der Waals surface area contributed by atoms with Gasteiger partial charge in [-0.05, 0) is 50.1 Å². The number of rotatable bonds is 7. The summed E-state index contributed by atoms with van der Waals surface area (Å²) >= 11 is 12.1. The van der Waals surface area contributed by atoms with Crippen LogP contribution in [0.25, 0.3) is 0 Å². The molecule has 0 fully saturated rings. The quantitative estimate of drug-likeness (QED) is 0.771. The number of hydrogen-bond donors (Lipinski definition) is 1. The van der Waals surface area contributed by atoms with E-state index in [2.05, 4.69) is 17.4 Å². The average Bonchev–Trinajstić information content (AvgIpc) is 2.50. The fourth-order valence-electron chi connectivity index (χ4n) is 2.77. The molecule has 5 heteroatoms. The van der Waals surface area contributed by atoms with Crippen LogP contribution in [0.4, 0.5) is 0 Å². The van der Waals surface area contributed by atoms with Crippen molar-refractivity contribution in [2.24, 2.45) is 5.92 Å². The second-order valence-corrected chi connectivity index (χ2v) is 5.73. The third-order valence-electron chi connectivity index (χ3n) is 3.77. The van der Waals surface area contributed by atoms with Gasteiger partial charge in [0.15, 0.2) is 11.5 Å². The van der Waals surface area contributed by atoms with Crippen LogP contribution in [-0.2, 0) is 6.42 Å². The van der Waals surface area contributed by atoms with Gasteiger partial charge in [-0.1, -0.05) is 0 Å². The summed E-state index contributed by atoms with van der Waals surface area (Å²) in [6.45, 7) is 6.14. The van der Waals surface area contributed by atoms with E-state index in [9.17, 15) is 0 Å². The minimum absolute atomic E-state index is 0.179. The highest BCUT2D eigenvalue weighted by molar-refractivity contribution is 6.20. The van der Waals surface area contributed by atoms with Gasteiger partial charge in [-0.2, -0.15) is 0 Å². The summed E-state index contributed by atoms with van der Waals surface area (Å²) in [7, 11) is 0. The van der Waals surface area contributed by atoms with Gasteiger partial charge in [0.1, 0.15) is 0 Å². The lowest BCUT2D eigenvalue weighted by atomic mass is 9.87. The topological polar surface area (TPSA) is 30.5 Å². The highest BCUT2D eigenvalue weighted by atomic mass is 35.5. The van der Waals surface area contributed by atoms with Crippen LogP contribution < -0.4 is 14.8 Å². The number of halogens is 2. The van der Waals surface area contributed by atoms with Crippen molar-refractivity contribution in [2.75, 3.05) is 31.5 Å². The Labute approximate surface area is 136 Å². The fourth-order valence-corrected chi connectivity index (χ4v) is 3.46. The molecule has 1 N–H and O–H groups in total. The molecule has 2 rings (SSSR count). The highest BCUT2D eigenvalue weighted by Gasteiger charge is 2.28. The van der Waals surface area contributed by atoms with E-state index in [1.165, 1.54) is 11.1 Å². The van der Waals surface area contributed by atoms with Gasteiger partial charge in [-0.25, -0.2) is 0 Å². The lowest BCUT2D eigenvalue weighted by Gasteiger charge is -2.32. The minimum atomic E-state index is 0.179. The fraction of sp³-hybridized carbons (Fsp3) is 0.625. The van der Waals surface area contributed by atoms with Crippen molar-refractivity contribution in [2.45, 2.75) is 26.3 Å². The van der Waals surface area contributed by atoms with Gasteiger partial charge in [0.25, 0.3) is 0 Å². The number of nitrogens with one attached hydrogen (secondary N) is 1. The number of alkyl halides is 2. The van der Waals surface area contributed by atoms with E-state index in [-0.39, 0.29) is 12.0 Å². The molecule has 0 saturated carbocycles. The molecule has 118 valence electrons. The molecule has 0 aromatic heterocycles. The van der Waals surface area contributed by atoms with E-state index in [4.69, 9.17) is 32.7 Å². The summed E-state index contributed by atoms with van der Waals surface area (Å²) < 4.78 is 11.4. The Bertz CT molecular complexity index is 464. The van der Waals surface area contributed by atoms with Crippen LogP contribution in [0, 0.1) is 5.92 Å². The lowest BCUT2D eigenvalue weighted by Crippen LogP contribution is -2.36. The predicted molar refractivity (Wildman–Crippen MR) is 88.2 cm³/mol. The van der Waals surface area contributed by atoms with Crippen LogP contribution in [0.15, 0.2) is 12.1 Å². The van der Waals surface area contributed by atoms with Gasteiger partial charge in [-0.15, -0.1) is 23.2 Å². The van der Waals surface area contributed by atoms with Crippen molar-refractivity contribution >= 4 is 23.2 Å². The van der Waals surface area contributed by atoms with E-state index in [1.807, 2.05) is 13.8 Å². The molecule has 3 nitrogen and oxygen atoms in total. The molecule has 1 aliphatic rings. The van der Waals surface area contributed by atoms with E-state index in [1.54, 1.807) is 0 Å². The summed E-state index contributed by atoms with van der Waals surface area (Å²) in [5, 5.41) is 3.53. The van der Waals surface area contributed by atoms with Crippen LogP contribution in [-0.4, -0.2) is 31.5 Å². The first-order valence-electron chi connectivity index (χ1n) is 7.52. The summed E-state index contributed by atoms with van der Waals surface area (Å²) in [5.74, 6) is 2.91. The number of hydrogen-bond acceptors (Lipinski definition) is 3. The predicted octanol–water partition coefficient (Wildman–Crippen LogP) is 3.76. The molecule has 0 amide bonds. The van der Waals surface area contributed by atoms with E-state index in [0.29, 0.717) is 25.0 Å². The van der Waals surface area contributed by atoms with Gasteiger partial charge in [0, 0.05) is 23.7 Å². The lowest BCUT2D eigenvalue weighted by molar-refractivity contribution is 0.285. The van der Waals surface area contributed by atoms with E-state index in [0.717, 1.165) is 24.5 Å². The first-order valence-corrected chi connectivity index (χ1v) is 8.59. The smallest absolute Gasteiger partial charge is 0.161 e. The van der Waals surface area contributed by atoms with Crippen molar-refractivity contribution in [3.63, 3.8) is 0 Å². The van der Waals surface area contributed by atoms with E-state index < -0.39 is 0 Å². The zero-order valence-electron chi connectivity index (χ0n) is 12.6. The van der Waals surface area contributed by atoms with Gasteiger partial charge in [0.2, 0.25) is 0 Å². The Balaban J connectivity index is 2.40. The molecule has 0 aliphatic carbocycles. The maximum Gasteiger partial charge on any atom is 0.161 e. The number of benzene rings is 1. The molecule has 1 aromatic rings. The van der Waals surface area contributed by atoms with Crippen LogP contribution in [0.2, 0.25) is 0 Å². The second kappa shape index (κ2) is 8.11. The summed E-state index contributed by atoms with van der Waals surface area (Å²) in [4.78, 5) is 0. The largest absolute Gasteiger partial charge is 0.490 e. The van der Waals surface area contributed by atoms with Crippen LogP contribution in [0.5, 0.6) is 11.5 Å². The maximum absolute atomic E-state index is 6.07. The molecule has 0 bridgehead atoms. The van der Waals surface area contributed by atoms with Gasteiger partial charge in [0.05, 0.1) is 13.2 Å². The van der Waals surface area contributed by atoms with Gasteiger partial charge in [-0.3, -0.25) is 0 Å². The molecule has 21 heavy (non-hydrogen) atoms. The highest BCUT2D eigenvalue weighted by Crippen LogP contribution is 2.38. The van der Waals surface area contributed by atoms with E-state index >= 15 is 0 Å².